The molecule has 1 aromatic heterocycles. The number of nitrogen functional groups attached to an aromatic ring is 1. The summed E-state index contributed by atoms with van der Waals surface area (Å²) in [6.07, 6.45) is 1.27. The highest BCUT2D eigenvalue weighted by Gasteiger charge is 2.26. The van der Waals surface area contributed by atoms with E-state index in [1.807, 2.05) is 22.9 Å². The minimum absolute atomic E-state index is 0.239. The summed E-state index contributed by atoms with van der Waals surface area (Å²) in [4.78, 5) is 0. The van der Waals surface area contributed by atoms with Gasteiger partial charge in [-0.05, 0) is 42.0 Å². The van der Waals surface area contributed by atoms with E-state index >= 15 is 0 Å². The summed E-state index contributed by atoms with van der Waals surface area (Å²) < 4.78 is 12.6. The van der Waals surface area contributed by atoms with Crippen LogP contribution < -0.4 is 10.5 Å². The minimum Gasteiger partial charge on any atom is -0.495 e. The van der Waals surface area contributed by atoms with Crippen LogP contribution in [0.4, 0.5) is 5.69 Å². The zero-order valence-electron chi connectivity index (χ0n) is 12.2. The largest absolute Gasteiger partial charge is 0.495 e. The van der Waals surface area contributed by atoms with Crippen LogP contribution in [-0.4, -0.2) is 40.0 Å². The van der Waals surface area contributed by atoms with E-state index in [2.05, 4.69) is 22.4 Å². The molecule has 1 aliphatic heterocycles. The molecular formula is C14H19N5O2. The molecule has 2 aromatic rings. The Balaban J connectivity index is 1.86. The molecule has 2 unspecified atom stereocenters. The van der Waals surface area contributed by atoms with Gasteiger partial charge in [0.2, 0.25) is 0 Å². The average Bonchev–Trinajstić information content (AvgIpc) is 3.09. The number of nitrogens with zero attached hydrogens (tertiary/aromatic N) is 4. The highest BCUT2D eigenvalue weighted by atomic mass is 16.5. The number of ether oxygens (including phenoxy) is 2. The molecule has 0 spiro atoms. The van der Waals surface area contributed by atoms with Gasteiger partial charge in [-0.15, -0.1) is 5.10 Å². The van der Waals surface area contributed by atoms with E-state index in [9.17, 15) is 0 Å². The second kappa shape index (κ2) is 5.69. The van der Waals surface area contributed by atoms with Crippen LogP contribution >= 0.6 is 0 Å². The predicted molar refractivity (Wildman–Crippen MR) is 77.7 cm³/mol. The standard InChI is InChI=1S/C14H19N5O2/c1-9-11(5-6-21-9)8-19-14(16-17-18-19)10-3-4-13(20-2)12(15)7-10/h3-4,7,9,11H,5-6,8,15H2,1-2H3. The Kier molecular flexibility index (Phi) is 3.74. The molecule has 0 saturated carbocycles. The quantitative estimate of drug-likeness (QED) is 0.855. The lowest BCUT2D eigenvalue weighted by molar-refractivity contribution is 0.101. The predicted octanol–water partition coefficient (Wildman–Crippen LogP) is 1.36. The van der Waals surface area contributed by atoms with Crippen LogP contribution in [0.25, 0.3) is 11.4 Å². The maximum atomic E-state index is 5.95. The summed E-state index contributed by atoms with van der Waals surface area (Å²) in [6, 6.07) is 5.56. The molecule has 112 valence electrons. The fourth-order valence-corrected chi connectivity index (χ4v) is 2.65. The number of nitrogens with two attached hydrogens (primary N) is 1. The van der Waals surface area contributed by atoms with Crippen molar-refractivity contribution >= 4 is 5.69 Å². The lowest BCUT2D eigenvalue weighted by Crippen LogP contribution is -2.19. The lowest BCUT2D eigenvalue weighted by atomic mass is 10.0. The maximum Gasteiger partial charge on any atom is 0.182 e. The van der Waals surface area contributed by atoms with Gasteiger partial charge in [0, 0.05) is 18.1 Å². The number of hydrogen-bond acceptors (Lipinski definition) is 6. The van der Waals surface area contributed by atoms with Crippen molar-refractivity contribution in [2.75, 3.05) is 19.5 Å². The molecular weight excluding hydrogens is 270 g/mol. The van der Waals surface area contributed by atoms with Crippen LogP contribution in [0, 0.1) is 5.92 Å². The number of anilines is 1. The van der Waals surface area contributed by atoms with Crippen molar-refractivity contribution in [1.29, 1.82) is 0 Å². The van der Waals surface area contributed by atoms with E-state index < -0.39 is 0 Å². The Morgan fingerprint density at radius 1 is 1.48 bits per heavy atom. The van der Waals surface area contributed by atoms with Crippen molar-refractivity contribution in [3.05, 3.63) is 18.2 Å². The first-order valence-electron chi connectivity index (χ1n) is 7.00. The van der Waals surface area contributed by atoms with E-state index in [1.54, 1.807) is 7.11 Å². The van der Waals surface area contributed by atoms with Crippen LogP contribution in [0.5, 0.6) is 5.75 Å². The smallest absolute Gasteiger partial charge is 0.182 e. The van der Waals surface area contributed by atoms with Gasteiger partial charge in [-0.3, -0.25) is 0 Å². The van der Waals surface area contributed by atoms with Gasteiger partial charge in [-0.1, -0.05) is 0 Å². The molecule has 21 heavy (non-hydrogen) atoms. The van der Waals surface area contributed by atoms with Crippen LogP contribution in [-0.2, 0) is 11.3 Å². The van der Waals surface area contributed by atoms with Crippen LogP contribution in [0.1, 0.15) is 13.3 Å². The van der Waals surface area contributed by atoms with E-state index in [-0.39, 0.29) is 6.10 Å². The van der Waals surface area contributed by atoms with Crippen molar-refractivity contribution in [2.45, 2.75) is 26.0 Å². The van der Waals surface area contributed by atoms with Crippen molar-refractivity contribution < 1.29 is 9.47 Å². The number of methoxy groups -OCH3 is 1. The number of aromatic nitrogens is 4. The molecule has 1 aromatic carbocycles. The van der Waals surface area contributed by atoms with Crippen LogP contribution in [0.2, 0.25) is 0 Å². The number of rotatable bonds is 4. The molecule has 2 N–H and O–H groups in total. The number of benzene rings is 1. The number of hydrogen-bond donors (Lipinski definition) is 1. The van der Waals surface area contributed by atoms with Gasteiger partial charge >= 0.3 is 0 Å². The Hall–Kier alpha value is -2.15. The molecule has 2 atom stereocenters. The molecule has 0 bridgehead atoms. The third-order valence-electron chi connectivity index (χ3n) is 3.96. The average molecular weight is 289 g/mol. The normalized spacial score (nSPS) is 21.6. The molecule has 7 nitrogen and oxygen atoms in total. The minimum atomic E-state index is 0.239. The Bertz CT molecular complexity index is 628. The zero-order valence-corrected chi connectivity index (χ0v) is 12.2. The molecule has 0 aliphatic carbocycles. The summed E-state index contributed by atoms with van der Waals surface area (Å²) >= 11 is 0. The summed E-state index contributed by atoms with van der Waals surface area (Å²) in [5.41, 5.74) is 7.40. The van der Waals surface area contributed by atoms with E-state index in [4.69, 9.17) is 15.2 Å². The summed E-state index contributed by atoms with van der Waals surface area (Å²) in [5.74, 6) is 1.79. The molecule has 1 saturated heterocycles. The maximum absolute atomic E-state index is 5.95. The topological polar surface area (TPSA) is 88.1 Å². The lowest BCUT2D eigenvalue weighted by Gasteiger charge is -2.14. The Morgan fingerprint density at radius 2 is 2.33 bits per heavy atom. The molecule has 3 rings (SSSR count). The summed E-state index contributed by atoms with van der Waals surface area (Å²) in [7, 11) is 1.59. The highest BCUT2D eigenvalue weighted by Crippen LogP contribution is 2.28. The second-order valence-electron chi connectivity index (χ2n) is 5.27. The molecule has 1 fully saturated rings. The first-order chi connectivity index (χ1) is 10.2. The molecule has 1 aliphatic rings. The van der Waals surface area contributed by atoms with Crippen molar-refractivity contribution in [3.63, 3.8) is 0 Å². The van der Waals surface area contributed by atoms with Gasteiger partial charge < -0.3 is 15.2 Å². The third-order valence-corrected chi connectivity index (χ3v) is 3.96. The monoisotopic (exact) mass is 289 g/mol. The third kappa shape index (κ3) is 2.69. The van der Waals surface area contributed by atoms with Gasteiger partial charge in [0.05, 0.1) is 25.4 Å². The summed E-state index contributed by atoms with van der Waals surface area (Å²) in [5, 5.41) is 12.0. The first-order valence-corrected chi connectivity index (χ1v) is 7.00. The van der Waals surface area contributed by atoms with Crippen molar-refractivity contribution in [1.82, 2.24) is 20.2 Å². The molecule has 2 heterocycles. The first kappa shape index (κ1) is 13.8. The van der Waals surface area contributed by atoms with E-state index in [1.165, 1.54) is 0 Å². The SMILES string of the molecule is COc1ccc(-c2nnnn2CC2CCOC2C)cc1N. The van der Waals surface area contributed by atoms with E-state index in [0.29, 0.717) is 23.2 Å². The van der Waals surface area contributed by atoms with Gasteiger partial charge in [0.15, 0.2) is 5.82 Å². The zero-order chi connectivity index (χ0) is 14.8. The van der Waals surface area contributed by atoms with Crippen molar-refractivity contribution in [3.8, 4) is 17.1 Å². The van der Waals surface area contributed by atoms with E-state index in [0.717, 1.165) is 25.1 Å². The van der Waals surface area contributed by atoms with Crippen LogP contribution in [0.15, 0.2) is 18.2 Å². The van der Waals surface area contributed by atoms with Gasteiger partial charge in [0.25, 0.3) is 0 Å². The molecule has 0 amide bonds. The molecule has 0 radical (unpaired) electrons. The fraction of sp³-hybridized carbons (Fsp3) is 0.500. The number of tetrazole rings is 1. The molecule has 7 heteroatoms. The Morgan fingerprint density at radius 3 is 3.00 bits per heavy atom. The highest BCUT2D eigenvalue weighted by molar-refractivity contribution is 5.66. The van der Waals surface area contributed by atoms with Crippen molar-refractivity contribution in [2.24, 2.45) is 5.92 Å². The van der Waals surface area contributed by atoms with Crippen LogP contribution in [0.3, 0.4) is 0 Å². The van der Waals surface area contributed by atoms with Gasteiger partial charge in [-0.25, -0.2) is 4.68 Å². The fourth-order valence-electron chi connectivity index (χ4n) is 2.65. The summed E-state index contributed by atoms with van der Waals surface area (Å²) in [6.45, 7) is 3.64. The Labute approximate surface area is 123 Å². The second-order valence-corrected chi connectivity index (χ2v) is 5.27. The van der Waals surface area contributed by atoms with Gasteiger partial charge in [0.1, 0.15) is 5.75 Å². The van der Waals surface area contributed by atoms with Gasteiger partial charge in [-0.2, -0.15) is 0 Å².